The lowest BCUT2D eigenvalue weighted by atomic mass is 9.87. The largest absolute Gasteiger partial charge is 0.507 e. The normalized spacial score (nSPS) is 17.8. The van der Waals surface area contributed by atoms with E-state index in [-0.39, 0.29) is 0 Å². The molecule has 0 bridgehead atoms. The van der Waals surface area contributed by atoms with E-state index in [0.29, 0.717) is 17.3 Å². The number of hydrogen-bond acceptors (Lipinski definition) is 6. The van der Waals surface area contributed by atoms with Gasteiger partial charge in [0.2, 0.25) is 0 Å². The van der Waals surface area contributed by atoms with Crippen molar-refractivity contribution in [1.82, 2.24) is 14.8 Å². The van der Waals surface area contributed by atoms with E-state index in [1.165, 1.54) is 0 Å². The number of phenolic OH excluding ortho intramolecular Hbond substituents is 1. The number of hydrogen-bond donors (Lipinski definition) is 1. The molecule has 0 radical (unpaired) electrons. The molecule has 4 heterocycles. The number of aryl methyl sites for hydroxylation is 1. The van der Waals surface area contributed by atoms with Gasteiger partial charge in [-0.3, -0.25) is 9.56 Å². The summed E-state index contributed by atoms with van der Waals surface area (Å²) in [5.41, 5.74) is 5.82. The maximum Gasteiger partial charge on any atom is 0.167 e. The number of benzene rings is 2. The molecule has 2 aliphatic rings. The van der Waals surface area contributed by atoms with Gasteiger partial charge in [-0.2, -0.15) is 0 Å². The van der Waals surface area contributed by atoms with Crippen LogP contribution in [0.3, 0.4) is 0 Å². The molecule has 38 heavy (non-hydrogen) atoms. The molecule has 2 aromatic heterocycles. The summed E-state index contributed by atoms with van der Waals surface area (Å²) in [5.74, 6) is 9.64. The summed E-state index contributed by atoms with van der Waals surface area (Å²) in [7, 11) is 0. The summed E-state index contributed by atoms with van der Waals surface area (Å²) in [4.78, 5) is 5.81. The Bertz CT molecular complexity index is 1720. The summed E-state index contributed by atoms with van der Waals surface area (Å²) < 4.78 is 8.60. The van der Waals surface area contributed by atoms with E-state index in [1.807, 2.05) is 58.9 Å². The van der Waals surface area contributed by atoms with E-state index in [9.17, 15) is 5.11 Å². The quantitative estimate of drug-likeness (QED) is 0.282. The standard InChI is InChI=1S/C30H27ClN4O2S/c1-16-17(2)28-21(18(3)27(16)36)11-13-30(5,37-28)12-10-20-14-23-26(22-8-6-7-9-24(22)31)32-15-25-34-33-19(4)35(25)29(23)38-20/h6-9,14,36H,11,13,15H2,1-5H3. The van der Waals surface area contributed by atoms with Crippen LogP contribution in [-0.4, -0.2) is 31.2 Å². The lowest BCUT2D eigenvalue weighted by Crippen LogP contribution is -2.35. The van der Waals surface area contributed by atoms with Crippen molar-refractivity contribution in [1.29, 1.82) is 0 Å². The zero-order valence-corrected chi connectivity index (χ0v) is 23.5. The molecule has 6 nitrogen and oxygen atoms in total. The van der Waals surface area contributed by atoms with Crippen LogP contribution in [0.1, 0.15) is 63.3 Å². The molecule has 1 unspecified atom stereocenters. The average Bonchev–Trinajstić information content (AvgIpc) is 3.45. The van der Waals surface area contributed by atoms with Crippen molar-refractivity contribution < 1.29 is 9.84 Å². The SMILES string of the molecule is Cc1c(C)c2c(c(C)c1O)CCC(C)(C#Cc1cc3c(s1)-n1c(C)nnc1CN=C3c1ccccc1Cl)O2. The maximum atomic E-state index is 10.5. The van der Waals surface area contributed by atoms with Gasteiger partial charge in [0, 0.05) is 28.1 Å². The van der Waals surface area contributed by atoms with Gasteiger partial charge in [-0.05, 0) is 75.8 Å². The fraction of sp³-hybridized carbons (Fsp3) is 0.300. The number of aromatic nitrogens is 3. The van der Waals surface area contributed by atoms with Crippen LogP contribution in [0.25, 0.3) is 5.00 Å². The van der Waals surface area contributed by atoms with Gasteiger partial charge < -0.3 is 9.84 Å². The molecular formula is C30H27ClN4O2S. The molecule has 6 rings (SSSR count). The Kier molecular flexibility index (Phi) is 5.86. The number of aliphatic imine (C=N–C) groups is 1. The van der Waals surface area contributed by atoms with Crippen LogP contribution < -0.4 is 4.74 Å². The van der Waals surface area contributed by atoms with Crippen molar-refractivity contribution in [3.05, 3.63) is 85.3 Å². The summed E-state index contributed by atoms with van der Waals surface area (Å²) >= 11 is 8.19. The highest BCUT2D eigenvalue weighted by Gasteiger charge is 2.33. The second-order valence-corrected chi connectivity index (χ2v) is 11.5. The van der Waals surface area contributed by atoms with E-state index >= 15 is 0 Å². The van der Waals surface area contributed by atoms with Crippen molar-refractivity contribution >= 4 is 28.6 Å². The van der Waals surface area contributed by atoms with Crippen LogP contribution >= 0.6 is 22.9 Å². The summed E-state index contributed by atoms with van der Waals surface area (Å²) in [6.07, 6.45) is 1.54. The second kappa shape index (κ2) is 9.00. The number of fused-ring (bicyclic) bond motifs is 4. The van der Waals surface area contributed by atoms with Gasteiger partial charge in [-0.25, -0.2) is 0 Å². The molecule has 8 heteroatoms. The molecule has 192 valence electrons. The molecule has 2 aromatic carbocycles. The molecule has 0 spiro atoms. The van der Waals surface area contributed by atoms with Crippen LogP contribution in [0.5, 0.6) is 11.5 Å². The summed E-state index contributed by atoms with van der Waals surface area (Å²) in [5, 5.41) is 20.8. The first-order valence-corrected chi connectivity index (χ1v) is 13.7. The molecule has 1 atom stereocenters. The predicted molar refractivity (Wildman–Crippen MR) is 151 cm³/mol. The number of thiophene rings is 1. The van der Waals surface area contributed by atoms with Gasteiger partial charge in [0.1, 0.15) is 28.9 Å². The lowest BCUT2D eigenvalue weighted by molar-refractivity contribution is 0.122. The highest BCUT2D eigenvalue weighted by atomic mass is 35.5. The molecule has 0 saturated carbocycles. The van der Waals surface area contributed by atoms with E-state index < -0.39 is 5.60 Å². The number of nitrogens with zero attached hydrogens (tertiary/aromatic N) is 4. The van der Waals surface area contributed by atoms with Gasteiger partial charge in [0.25, 0.3) is 0 Å². The minimum atomic E-state index is -0.647. The highest BCUT2D eigenvalue weighted by molar-refractivity contribution is 7.15. The Hall–Kier alpha value is -3.60. The molecule has 1 N–H and O–H groups in total. The minimum absolute atomic E-state index is 0.360. The first kappa shape index (κ1) is 24.7. The number of phenols is 1. The van der Waals surface area contributed by atoms with Gasteiger partial charge >= 0.3 is 0 Å². The molecular weight excluding hydrogens is 516 g/mol. The molecule has 0 saturated heterocycles. The third-order valence-corrected chi connectivity index (χ3v) is 8.91. The lowest BCUT2D eigenvalue weighted by Gasteiger charge is -2.34. The van der Waals surface area contributed by atoms with E-state index in [1.54, 1.807) is 11.3 Å². The molecule has 2 aliphatic heterocycles. The fourth-order valence-corrected chi connectivity index (χ4v) is 6.51. The maximum absolute atomic E-state index is 10.5. The fourth-order valence-electron chi connectivity index (χ4n) is 5.20. The number of halogens is 1. The third-order valence-electron chi connectivity index (χ3n) is 7.54. The van der Waals surface area contributed by atoms with E-state index in [0.717, 1.165) is 79.2 Å². The zero-order chi connectivity index (χ0) is 26.8. The van der Waals surface area contributed by atoms with Crippen molar-refractivity contribution in [2.75, 3.05) is 0 Å². The van der Waals surface area contributed by atoms with E-state index in [4.69, 9.17) is 21.3 Å². The molecule has 0 aliphatic carbocycles. The van der Waals surface area contributed by atoms with Crippen molar-refractivity contribution in [2.45, 2.75) is 59.6 Å². The first-order valence-electron chi connectivity index (χ1n) is 12.6. The van der Waals surface area contributed by atoms with Gasteiger partial charge in [0.05, 0.1) is 10.6 Å². The average molecular weight is 543 g/mol. The van der Waals surface area contributed by atoms with Crippen LogP contribution in [0.4, 0.5) is 0 Å². The summed E-state index contributed by atoms with van der Waals surface area (Å²) in [6, 6.07) is 9.85. The highest BCUT2D eigenvalue weighted by Crippen LogP contribution is 2.43. The van der Waals surface area contributed by atoms with E-state index in [2.05, 4.69) is 32.7 Å². The van der Waals surface area contributed by atoms with Crippen LogP contribution in [0, 0.1) is 39.5 Å². The molecule has 4 aromatic rings. The van der Waals surface area contributed by atoms with Crippen molar-refractivity contribution in [2.24, 2.45) is 4.99 Å². The number of aromatic hydroxyl groups is 1. The van der Waals surface area contributed by atoms with Gasteiger partial charge in [-0.15, -0.1) is 21.5 Å². The Labute approximate surface area is 231 Å². The Morgan fingerprint density at radius 2 is 1.87 bits per heavy atom. The van der Waals surface area contributed by atoms with Crippen molar-refractivity contribution in [3.63, 3.8) is 0 Å². The van der Waals surface area contributed by atoms with Crippen molar-refractivity contribution in [3.8, 4) is 28.3 Å². The second-order valence-electron chi connectivity index (χ2n) is 10.1. The van der Waals surface area contributed by atoms with Crippen LogP contribution in [0.2, 0.25) is 5.02 Å². The number of rotatable bonds is 1. The van der Waals surface area contributed by atoms with Gasteiger partial charge in [-0.1, -0.05) is 35.7 Å². The van der Waals surface area contributed by atoms with Gasteiger partial charge in [0.15, 0.2) is 11.4 Å². The molecule has 0 fully saturated rings. The first-order chi connectivity index (χ1) is 18.2. The summed E-state index contributed by atoms with van der Waals surface area (Å²) in [6.45, 7) is 10.3. The van der Waals surface area contributed by atoms with Crippen LogP contribution in [-0.2, 0) is 13.0 Å². The smallest absolute Gasteiger partial charge is 0.167 e. The Morgan fingerprint density at radius 1 is 1.08 bits per heavy atom. The zero-order valence-electron chi connectivity index (χ0n) is 21.9. The molecule has 0 amide bonds. The Morgan fingerprint density at radius 3 is 2.66 bits per heavy atom. The number of ether oxygens (including phenoxy) is 1. The topological polar surface area (TPSA) is 72.5 Å². The predicted octanol–water partition coefficient (Wildman–Crippen LogP) is 6.41. The minimum Gasteiger partial charge on any atom is -0.507 e. The monoisotopic (exact) mass is 542 g/mol. The third kappa shape index (κ3) is 3.91. The Balaban J connectivity index is 1.42. The van der Waals surface area contributed by atoms with Crippen LogP contribution in [0.15, 0.2) is 35.3 Å².